The minimum absolute atomic E-state index is 0.0284. The first-order chi connectivity index (χ1) is 20.0. The normalized spacial score (nSPS) is 16.5. The molecule has 1 aliphatic carbocycles. The molecule has 2 aromatic heterocycles. The molecule has 0 amide bonds. The lowest BCUT2D eigenvalue weighted by Crippen LogP contribution is -2.38. The van der Waals surface area contributed by atoms with Gasteiger partial charge in [-0.25, -0.2) is 22.2 Å². The van der Waals surface area contributed by atoms with Gasteiger partial charge in [0.2, 0.25) is 0 Å². The van der Waals surface area contributed by atoms with E-state index in [2.05, 4.69) is 21.1 Å². The first kappa shape index (κ1) is 29.9. The molecule has 2 heterocycles. The number of fused-ring (bicyclic) bond motifs is 1. The van der Waals surface area contributed by atoms with Crippen LogP contribution in [-0.2, 0) is 10.0 Å². The molecule has 2 aromatic carbocycles. The number of benzene rings is 2. The molecule has 4 aromatic rings. The number of halogens is 3. The zero-order valence-electron chi connectivity index (χ0n) is 23.5. The zero-order chi connectivity index (χ0) is 30.2. The van der Waals surface area contributed by atoms with Gasteiger partial charge in [0.05, 0.1) is 21.6 Å². The summed E-state index contributed by atoms with van der Waals surface area (Å²) in [5.41, 5.74) is 9.83. The number of allylic oxidation sites excluding steroid dienone is 1. The van der Waals surface area contributed by atoms with E-state index in [1.54, 1.807) is 18.3 Å². The van der Waals surface area contributed by atoms with E-state index in [0.29, 0.717) is 16.6 Å². The van der Waals surface area contributed by atoms with Crippen LogP contribution in [0.25, 0.3) is 27.7 Å². The van der Waals surface area contributed by atoms with E-state index >= 15 is 4.39 Å². The Hall–Kier alpha value is -3.54. The second-order valence-electron chi connectivity index (χ2n) is 10.8. The van der Waals surface area contributed by atoms with Crippen molar-refractivity contribution < 1.29 is 17.2 Å². The van der Waals surface area contributed by atoms with Crippen molar-refractivity contribution in [1.82, 2.24) is 20.1 Å². The van der Waals surface area contributed by atoms with E-state index in [-0.39, 0.29) is 39.5 Å². The number of hydrogen-bond acceptors (Lipinski definition) is 6. The van der Waals surface area contributed by atoms with E-state index in [4.69, 9.17) is 22.4 Å². The number of alkyl halides is 1. The van der Waals surface area contributed by atoms with Crippen molar-refractivity contribution in [2.24, 2.45) is 0 Å². The first-order valence-corrected chi connectivity index (χ1v) is 15.6. The molecule has 222 valence electrons. The monoisotopic (exact) mass is 614 g/mol. The summed E-state index contributed by atoms with van der Waals surface area (Å²) in [6.07, 6.45) is 6.27. The summed E-state index contributed by atoms with van der Waals surface area (Å²) in [5.74, 6) is -0.527. The molecule has 5 rings (SSSR count). The molecule has 0 bridgehead atoms. The van der Waals surface area contributed by atoms with Crippen LogP contribution < -0.4 is 15.8 Å². The third-order valence-electron chi connectivity index (χ3n) is 7.37. The summed E-state index contributed by atoms with van der Waals surface area (Å²) in [6, 6.07) is 10.1. The standard InChI is InChI=1S/C30H33ClF2N6O2S/c1-17(2)39-29-22(19-8-11-21(12-9-19)36-18(3)15-32)16-35-30(34)27(29)28(37-39)20-10-13-25(24(33)14-20)38-42(40,41)26-7-5-4-6-23(26)31/h4-8,10,13-14,16-18,21,36,38H,9,11-12,15H2,1-3H3,(H2,34,35). The first-order valence-electron chi connectivity index (χ1n) is 13.8. The van der Waals surface area contributed by atoms with Crippen molar-refractivity contribution >= 4 is 49.6 Å². The van der Waals surface area contributed by atoms with Gasteiger partial charge in [-0.3, -0.25) is 9.40 Å². The maximum atomic E-state index is 15.4. The van der Waals surface area contributed by atoms with Crippen molar-refractivity contribution in [3.05, 3.63) is 71.1 Å². The number of hydrogen-bond donors (Lipinski definition) is 3. The van der Waals surface area contributed by atoms with Gasteiger partial charge in [0.15, 0.2) is 0 Å². The van der Waals surface area contributed by atoms with Gasteiger partial charge in [-0.1, -0.05) is 35.9 Å². The molecule has 42 heavy (non-hydrogen) atoms. The third kappa shape index (κ3) is 5.86. The highest BCUT2D eigenvalue weighted by Crippen LogP contribution is 2.40. The van der Waals surface area contributed by atoms with Crippen molar-refractivity contribution in [1.29, 1.82) is 0 Å². The fraction of sp³-hybridized carbons (Fsp3) is 0.333. The van der Waals surface area contributed by atoms with Crippen molar-refractivity contribution in [2.45, 2.75) is 63.1 Å². The highest BCUT2D eigenvalue weighted by molar-refractivity contribution is 7.92. The van der Waals surface area contributed by atoms with Crippen LogP contribution in [0.15, 0.2) is 59.6 Å². The summed E-state index contributed by atoms with van der Waals surface area (Å²) < 4.78 is 58.3. The van der Waals surface area contributed by atoms with Crippen LogP contribution in [0.3, 0.4) is 0 Å². The largest absolute Gasteiger partial charge is 0.383 e. The summed E-state index contributed by atoms with van der Waals surface area (Å²) in [7, 11) is -4.12. The second kappa shape index (κ2) is 12.0. The Balaban J connectivity index is 1.53. The zero-order valence-corrected chi connectivity index (χ0v) is 25.1. The minimum Gasteiger partial charge on any atom is -0.383 e. The fourth-order valence-corrected chi connectivity index (χ4v) is 6.88. The maximum Gasteiger partial charge on any atom is 0.263 e. The van der Waals surface area contributed by atoms with E-state index in [9.17, 15) is 12.8 Å². The average molecular weight is 615 g/mol. The molecular formula is C30H33ClF2N6O2S. The number of nitrogens with one attached hydrogen (secondary N) is 2. The number of rotatable bonds is 9. The van der Waals surface area contributed by atoms with Gasteiger partial charge in [-0.2, -0.15) is 5.10 Å². The summed E-state index contributed by atoms with van der Waals surface area (Å²) in [4.78, 5) is 4.32. The van der Waals surface area contributed by atoms with Crippen LogP contribution in [0, 0.1) is 5.82 Å². The van der Waals surface area contributed by atoms with Crippen LogP contribution >= 0.6 is 11.6 Å². The van der Waals surface area contributed by atoms with Gasteiger partial charge >= 0.3 is 0 Å². The predicted octanol–water partition coefficient (Wildman–Crippen LogP) is 6.74. The molecule has 2 unspecified atom stereocenters. The molecule has 2 atom stereocenters. The molecule has 12 heteroatoms. The highest BCUT2D eigenvalue weighted by atomic mass is 35.5. The Morgan fingerprint density at radius 2 is 1.95 bits per heavy atom. The molecule has 1 aliphatic rings. The third-order valence-corrected chi connectivity index (χ3v) is 9.23. The molecule has 4 N–H and O–H groups in total. The Kier molecular flexibility index (Phi) is 8.54. The predicted molar refractivity (Wildman–Crippen MR) is 164 cm³/mol. The molecule has 0 saturated heterocycles. The van der Waals surface area contributed by atoms with Crippen molar-refractivity contribution in [3.63, 3.8) is 0 Å². The van der Waals surface area contributed by atoms with Crippen LogP contribution in [0.2, 0.25) is 5.02 Å². The number of anilines is 2. The van der Waals surface area contributed by atoms with E-state index in [1.165, 1.54) is 30.3 Å². The van der Waals surface area contributed by atoms with Gasteiger partial charge in [-0.15, -0.1) is 0 Å². The van der Waals surface area contributed by atoms with Gasteiger partial charge in [-0.05, 0) is 69.9 Å². The lowest BCUT2D eigenvalue weighted by molar-refractivity contribution is 0.347. The summed E-state index contributed by atoms with van der Waals surface area (Å²) >= 11 is 6.06. The highest BCUT2D eigenvalue weighted by Gasteiger charge is 2.26. The summed E-state index contributed by atoms with van der Waals surface area (Å²) in [6.45, 7) is 5.41. The number of nitrogen functional groups attached to an aromatic ring is 1. The lowest BCUT2D eigenvalue weighted by atomic mass is 9.90. The molecule has 0 aliphatic heterocycles. The van der Waals surface area contributed by atoms with Gasteiger partial charge in [0, 0.05) is 35.4 Å². The topological polar surface area (TPSA) is 115 Å². The lowest BCUT2D eigenvalue weighted by Gasteiger charge is -2.26. The number of aromatic nitrogens is 3. The number of nitrogens with two attached hydrogens (primary N) is 1. The van der Waals surface area contributed by atoms with Crippen molar-refractivity contribution in [2.75, 3.05) is 17.1 Å². The Morgan fingerprint density at radius 1 is 1.19 bits per heavy atom. The van der Waals surface area contributed by atoms with Gasteiger partial charge in [0.1, 0.15) is 28.9 Å². The second-order valence-corrected chi connectivity index (χ2v) is 12.9. The molecular weight excluding hydrogens is 582 g/mol. The van der Waals surface area contributed by atoms with E-state index in [1.807, 2.05) is 25.5 Å². The van der Waals surface area contributed by atoms with Crippen LogP contribution in [0.4, 0.5) is 20.3 Å². The SMILES string of the molecule is CC(CF)NC1CC=C(c2cnc(N)c3c(-c4ccc(NS(=O)(=O)c5ccccc5Cl)c(F)c4)nn(C(C)C)c23)CC1. The molecule has 0 fully saturated rings. The van der Waals surface area contributed by atoms with E-state index in [0.717, 1.165) is 35.9 Å². The Morgan fingerprint density at radius 3 is 2.60 bits per heavy atom. The maximum absolute atomic E-state index is 15.4. The Labute approximate surface area is 249 Å². The van der Waals surface area contributed by atoms with Gasteiger partial charge in [0.25, 0.3) is 10.0 Å². The smallest absolute Gasteiger partial charge is 0.263 e. The summed E-state index contributed by atoms with van der Waals surface area (Å²) in [5, 5.41) is 8.78. The van der Waals surface area contributed by atoms with Crippen LogP contribution in [-0.4, -0.2) is 41.9 Å². The Bertz CT molecular complexity index is 1770. The number of sulfonamides is 1. The minimum atomic E-state index is -4.12. The fourth-order valence-electron chi connectivity index (χ4n) is 5.29. The number of nitrogens with zero attached hydrogens (tertiary/aromatic N) is 3. The van der Waals surface area contributed by atoms with Gasteiger partial charge < -0.3 is 11.1 Å². The number of pyridine rings is 1. The quantitative estimate of drug-likeness (QED) is 0.192. The van der Waals surface area contributed by atoms with Crippen LogP contribution in [0.5, 0.6) is 0 Å². The molecule has 0 saturated carbocycles. The van der Waals surface area contributed by atoms with Crippen molar-refractivity contribution in [3.8, 4) is 11.3 Å². The average Bonchev–Trinajstić information content (AvgIpc) is 3.37. The molecule has 8 nitrogen and oxygen atoms in total. The molecule has 0 radical (unpaired) electrons. The molecule has 0 spiro atoms. The van der Waals surface area contributed by atoms with Crippen LogP contribution in [0.1, 0.15) is 51.6 Å². The van der Waals surface area contributed by atoms with E-state index < -0.39 is 22.5 Å².